The normalized spacial score (nSPS) is 8.88. The van der Waals surface area contributed by atoms with Crippen LogP contribution in [0.15, 0.2) is 0 Å². The minimum absolute atomic E-state index is 0.933. The van der Waals surface area contributed by atoms with Crippen LogP contribution in [-0.2, 0) is 38.9 Å². The molecule has 0 bridgehead atoms. The summed E-state index contributed by atoms with van der Waals surface area (Å²) in [6.45, 7) is 1.87. The Bertz CT molecular complexity index is 264. The van der Waals surface area contributed by atoms with Gasteiger partial charge in [-0.3, -0.25) is 9.59 Å². The molecule has 90 valence electrons. The van der Waals surface area contributed by atoms with Crippen LogP contribution >= 0.6 is 0 Å². The molecule has 0 saturated heterocycles. The van der Waals surface area contributed by atoms with Gasteiger partial charge in [-0.2, -0.15) is 0 Å². The summed E-state index contributed by atoms with van der Waals surface area (Å²) in [5.74, 6) is -1.91. The number of hydrogen-bond donors (Lipinski definition) is 0. The van der Waals surface area contributed by atoms with Crippen LogP contribution in [-0.4, -0.2) is 24.2 Å². The molecular formula is C6H6O10. The molecule has 0 aliphatic rings. The highest BCUT2D eigenvalue weighted by Crippen LogP contribution is 1.92. The van der Waals surface area contributed by atoms with Crippen molar-refractivity contribution in [2.45, 2.75) is 13.8 Å². The van der Waals surface area contributed by atoms with Crippen LogP contribution in [0.5, 0.6) is 0 Å². The SMILES string of the molecule is CC(=O)OC(=O)OOOOC(=O)OC(C)=O. The maximum absolute atomic E-state index is 10.4. The first-order valence-electron chi connectivity index (χ1n) is 3.54. The van der Waals surface area contributed by atoms with Crippen molar-refractivity contribution in [3.05, 3.63) is 0 Å². The molecule has 10 nitrogen and oxygen atoms in total. The van der Waals surface area contributed by atoms with Crippen molar-refractivity contribution >= 4 is 24.2 Å². The largest absolute Gasteiger partial charge is 0.550 e. The van der Waals surface area contributed by atoms with Gasteiger partial charge in [0.2, 0.25) is 0 Å². The summed E-state index contributed by atoms with van der Waals surface area (Å²) in [6, 6.07) is 0. The molecule has 0 unspecified atom stereocenters. The number of carbonyl (C=O) groups is 4. The summed E-state index contributed by atoms with van der Waals surface area (Å²) in [5.41, 5.74) is 0. The van der Waals surface area contributed by atoms with E-state index in [1.165, 1.54) is 0 Å². The zero-order chi connectivity index (χ0) is 12.6. The zero-order valence-corrected chi connectivity index (χ0v) is 8.08. The number of carbonyl (C=O) groups excluding carboxylic acids is 4. The Morgan fingerprint density at radius 2 is 1.00 bits per heavy atom. The third-order valence-corrected chi connectivity index (χ3v) is 0.686. The second kappa shape index (κ2) is 7.14. The van der Waals surface area contributed by atoms with Gasteiger partial charge < -0.3 is 9.47 Å². The van der Waals surface area contributed by atoms with Gasteiger partial charge in [0.15, 0.2) is 0 Å². The smallest absolute Gasteiger partial charge is 0.359 e. The molecule has 0 atom stereocenters. The molecule has 0 saturated carbocycles. The van der Waals surface area contributed by atoms with Crippen molar-refractivity contribution in [3.8, 4) is 0 Å². The Labute approximate surface area is 87.7 Å². The topological polar surface area (TPSA) is 124 Å². The first-order chi connectivity index (χ1) is 7.41. The minimum Gasteiger partial charge on any atom is -0.359 e. The second-order valence-electron chi connectivity index (χ2n) is 1.99. The second-order valence-corrected chi connectivity index (χ2v) is 1.99. The molecule has 0 rings (SSSR count). The molecule has 0 aromatic carbocycles. The van der Waals surface area contributed by atoms with E-state index >= 15 is 0 Å². The number of rotatable bonds is 3. The number of ether oxygens (including phenoxy) is 2. The van der Waals surface area contributed by atoms with Gasteiger partial charge in [-0.15, -0.1) is 0 Å². The summed E-state index contributed by atoms with van der Waals surface area (Å²) < 4.78 is 7.58. The monoisotopic (exact) mass is 238 g/mol. The van der Waals surface area contributed by atoms with Crippen LogP contribution in [0.4, 0.5) is 9.59 Å². The molecule has 0 aliphatic heterocycles. The molecule has 0 radical (unpaired) electrons. The molecule has 10 heteroatoms. The van der Waals surface area contributed by atoms with Crippen LogP contribution in [0.2, 0.25) is 0 Å². The van der Waals surface area contributed by atoms with Gasteiger partial charge in [0.05, 0.1) is 0 Å². The van der Waals surface area contributed by atoms with Gasteiger partial charge in [0.1, 0.15) is 0 Å². The Balaban J connectivity index is 3.53. The molecule has 0 amide bonds. The Hall–Kier alpha value is -2.20. The molecule has 0 aromatic rings. The first-order valence-corrected chi connectivity index (χ1v) is 3.54. The fraction of sp³-hybridized carbons (Fsp3) is 0.333. The Morgan fingerprint density at radius 3 is 1.25 bits per heavy atom. The van der Waals surface area contributed by atoms with Crippen molar-refractivity contribution in [1.82, 2.24) is 0 Å². The van der Waals surface area contributed by atoms with E-state index in [4.69, 9.17) is 0 Å². The van der Waals surface area contributed by atoms with Crippen LogP contribution in [0.3, 0.4) is 0 Å². The predicted molar refractivity (Wildman–Crippen MR) is 38.7 cm³/mol. The van der Waals surface area contributed by atoms with E-state index in [1.54, 1.807) is 0 Å². The molecule has 0 fully saturated rings. The van der Waals surface area contributed by atoms with E-state index in [0.29, 0.717) is 0 Å². The van der Waals surface area contributed by atoms with Gasteiger partial charge in [0.25, 0.3) is 0 Å². The van der Waals surface area contributed by atoms with Gasteiger partial charge in [-0.25, -0.2) is 19.4 Å². The predicted octanol–water partition coefficient (Wildman–Crippen LogP) is 0.164. The lowest BCUT2D eigenvalue weighted by atomic mass is 10.8. The van der Waals surface area contributed by atoms with Gasteiger partial charge >= 0.3 is 24.2 Å². The molecule has 16 heavy (non-hydrogen) atoms. The fourth-order valence-corrected chi connectivity index (χ4v) is 0.352. The van der Waals surface area contributed by atoms with Crippen LogP contribution in [0, 0.1) is 0 Å². The third kappa shape index (κ3) is 8.40. The lowest BCUT2D eigenvalue weighted by molar-refractivity contribution is -0.600. The van der Waals surface area contributed by atoms with Crippen LogP contribution in [0.1, 0.15) is 13.8 Å². The third-order valence-electron chi connectivity index (χ3n) is 0.686. The van der Waals surface area contributed by atoms with Crippen LogP contribution < -0.4 is 0 Å². The average Bonchev–Trinajstić information content (AvgIpc) is 2.10. The maximum Gasteiger partial charge on any atom is 0.550 e. The maximum atomic E-state index is 10.4. The Morgan fingerprint density at radius 1 is 0.688 bits per heavy atom. The molecular weight excluding hydrogens is 232 g/mol. The number of hydrogen-bond acceptors (Lipinski definition) is 10. The summed E-state index contributed by atoms with van der Waals surface area (Å²) in [5, 5.41) is 6.97. The van der Waals surface area contributed by atoms with Crippen molar-refractivity contribution in [3.63, 3.8) is 0 Å². The van der Waals surface area contributed by atoms with Gasteiger partial charge in [-0.1, -0.05) is 0 Å². The minimum atomic E-state index is -1.55. The van der Waals surface area contributed by atoms with E-state index in [0.717, 1.165) is 13.8 Å². The summed E-state index contributed by atoms with van der Waals surface area (Å²) >= 11 is 0. The highest BCUT2D eigenvalue weighted by molar-refractivity contribution is 5.80. The molecule has 0 aromatic heterocycles. The van der Waals surface area contributed by atoms with E-state index in [2.05, 4.69) is 29.3 Å². The van der Waals surface area contributed by atoms with E-state index in [1.807, 2.05) is 0 Å². The first kappa shape index (κ1) is 13.8. The quantitative estimate of drug-likeness (QED) is 0.221. The average molecular weight is 238 g/mol. The molecule has 0 spiro atoms. The Kier molecular flexibility index (Phi) is 6.16. The van der Waals surface area contributed by atoms with E-state index in [9.17, 15) is 19.2 Å². The summed E-state index contributed by atoms with van der Waals surface area (Å²) in [6.07, 6.45) is -3.09. The lowest BCUT2D eigenvalue weighted by Gasteiger charge is -1.99. The molecule has 0 heterocycles. The highest BCUT2D eigenvalue weighted by atomic mass is 17.7. The summed E-state index contributed by atoms with van der Waals surface area (Å²) in [7, 11) is 0. The van der Waals surface area contributed by atoms with Gasteiger partial charge in [-0.05, 0) is 0 Å². The van der Waals surface area contributed by atoms with Crippen molar-refractivity contribution < 1.29 is 48.5 Å². The lowest BCUT2D eigenvalue weighted by Crippen LogP contribution is -2.15. The van der Waals surface area contributed by atoms with E-state index in [-0.39, 0.29) is 0 Å². The van der Waals surface area contributed by atoms with Crippen molar-refractivity contribution in [1.29, 1.82) is 0 Å². The van der Waals surface area contributed by atoms with E-state index < -0.39 is 24.2 Å². The highest BCUT2D eigenvalue weighted by Gasteiger charge is 2.12. The van der Waals surface area contributed by atoms with Gasteiger partial charge in [0, 0.05) is 23.9 Å². The molecule has 0 N–H and O–H groups in total. The summed E-state index contributed by atoms with van der Waals surface area (Å²) in [4.78, 5) is 48.2. The standard InChI is InChI=1S/C6H6O10/c1-3(7)11-5(9)13-15-16-14-6(10)12-4(2)8/h1-2H3. The fourth-order valence-electron chi connectivity index (χ4n) is 0.352. The molecule has 0 aliphatic carbocycles. The van der Waals surface area contributed by atoms with Crippen molar-refractivity contribution in [2.24, 2.45) is 0 Å². The number of esters is 2. The van der Waals surface area contributed by atoms with Crippen LogP contribution in [0.25, 0.3) is 0 Å². The zero-order valence-electron chi connectivity index (χ0n) is 8.08. The van der Waals surface area contributed by atoms with Crippen molar-refractivity contribution in [2.75, 3.05) is 0 Å².